The van der Waals surface area contributed by atoms with Crippen LogP contribution in [0.2, 0.25) is 0 Å². The molecule has 0 spiro atoms. The second-order valence-electron chi connectivity index (χ2n) is 6.65. The molecule has 0 aliphatic carbocycles. The van der Waals surface area contributed by atoms with Crippen LogP contribution in [0.3, 0.4) is 0 Å². The number of alkyl halides is 3. The summed E-state index contributed by atoms with van der Waals surface area (Å²) >= 11 is 0. The molecule has 1 aliphatic rings. The van der Waals surface area contributed by atoms with Gasteiger partial charge < -0.3 is 15.5 Å². The third-order valence-electron chi connectivity index (χ3n) is 4.52. The summed E-state index contributed by atoms with van der Waals surface area (Å²) in [6.45, 7) is 7.53. The first kappa shape index (κ1) is 19.6. The summed E-state index contributed by atoms with van der Waals surface area (Å²) in [6, 6.07) is 4.19. The predicted octanol–water partition coefficient (Wildman–Crippen LogP) is 3.80. The molecule has 1 heterocycles. The molecule has 2 unspecified atom stereocenters. The van der Waals surface area contributed by atoms with E-state index in [4.69, 9.17) is 0 Å². The summed E-state index contributed by atoms with van der Waals surface area (Å²) in [4.78, 5) is 14.4. The first-order valence-electron chi connectivity index (χ1n) is 8.73. The molecule has 1 saturated heterocycles. The number of carbonyl (C=O) groups excluding carboxylic acids is 1. The monoisotopic (exact) mass is 357 g/mol. The van der Waals surface area contributed by atoms with Gasteiger partial charge in [0.25, 0.3) is 0 Å². The number of hydrogen-bond donors (Lipinski definition) is 2. The molecule has 1 aliphatic heterocycles. The molecule has 2 rings (SSSR count). The number of halogens is 3. The van der Waals surface area contributed by atoms with Crippen LogP contribution in [-0.4, -0.2) is 37.1 Å². The zero-order valence-corrected chi connectivity index (χ0v) is 14.7. The van der Waals surface area contributed by atoms with Crippen LogP contribution in [-0.2, 0) is 6.18 Å². The lowest BCUT2D eigenvalue weighted by Gasteiger charge is -2.18. The average molecular weight is 357 g/mol. The van der Waals surface area contributed by atoms with Crippen LogP contribution in [0.25, 0.3) is 0 Å². The maximum Gasteiger partial charge on any atom is 0.416 e. The van der Waals surface area contributed by atoms with Gasteiger partial charge in [-0.25, -0.2) is 4.79 Å². The van der Waals surface area contributed by atoms with Crippen molar-refractivity contribution in [2.75, 3.05) is 26.2 Å². The van der Waals surface area contributed by atoms with Gasteiger partial charge in [-0.05, 0) is 56.5 Å². The van der Waals surface area contributed by atoms with Crippen molar-refractivity contribution in [2.45, 2.75) is 38.9 Å². The third-order valence-corrected chi connectivity index (χ3v) is 4.52. The molecule has 7 heteroatoms. The fourth-order valence-corrected chi connectivity index (χ4v) is 3.15. The minimum absolute atomic E-state index is 0.348. The van der Waals surface area contributed by atoms with Crippen molar-refractivity contribution < 1.29 is 18.0 Å². The number of amides is 2. The molecule has 1 aromatic carbocycles. The fraction of sp³-hybridized carbons (Fsp3) is 0.611. The van der Waals surface area contributed by atoms with E-state index in [0.717, 1.165) is 44.6 Å². The molecule has 140 valence electrons. The summed E-state index contributed by atoms with van der Waals surface area (Å²) in [7, 11) is 0. The summed E-state index contributed by atoms with van der Waals surface area (Å²) in [5, 5.41) is 5.54. The van der Waals surface area contributed by atoms with E-state index in [-0.39, 0.29) is 6.03 Å². The lowest BCUT2D eigenvalue weighted by Crippen LogP contribution is -2.40. The molecule has 2 atom stereocenters. The van der Waals surface area contributed by atoms with Gasteiger partial charge in [0, 0.05) is 13.1 Å². The maximum absolute atomic E-state index is 12.8. The molecular weight excluding hydrogens is 331 g/mol. The number of likely N-dealkylation sites (tertiary alicyclic amines) is 1. The van der Waals surface area contributed by atoms with Gasteiger partial charge in [-0.1, -0.05) is 19.1 Å². The van der Waals surface area contributed by atoms with Gasteiger partial charge in [-0.15, -0.1) is 0 Å². The Morgan fingerprint density at radius 2 is 2.16 bits per heavy atom. The first-order valence-corrected chi connectivity index (χ1v) is 8.73. The van der Waals surface area contributed by atoms with Crippen LogP contribution in [0.15, 0.2) is 24.3 Å². The molecule has 4 nitrogen and oxygen atoms in total. The molecule has 1 fully saturated rings. The predicted molar refractivity (Wildman–Crippen MR) is 91.2 cm³/mol. The molecule has 0 saturated carbocycles. The minimum Gasteiger partial charge on any atom is -0.338 e. The number of carbonyl (C=O) groups is 1. The van der Waals surface area contributed by atoms with E-state index in [1.165, 1.54) is 6.07 Å². The third kappa shape index (κ3) is 5.92. The summed E-state index contributed by atoms with van der Waals surface area (Å²) in [5.41, 5.74) is -0.277. The van der Waals surface area contributed by atoms with E-state index in [1.807, 2.05) is 0 Å². The van der Waals surface area contributed by atoms with Crippen molar-refractivity contribution >= 4 is 6.03 Å². The highest BCUT2D eigenvalue weighted by Gasteiger charge is 2.30. The molecule has 2 N–H and O–H groups in total. The molecule has 25 heavy (non-hydrogen) atoms. The zero-order chi connectivity index (χ0) is 18.4. The molecule has 0 bridgehead atoms. The van der Waals surface area contributed by atoms with Gasteiger partial charge in [0.2, 0.25) is 0 Å². The van der Waals surface area contributed by atoms with Crippen LogP contribution < -0.4 is 10.6 Å². The zero-order valence-electron chi connectivity index (χ0n) is 14.7. The normalized spacial score (nSPS) is 19.6. The molecule has 0 radical (unpaired) electrons. The average Bonchev–Trinajstić information content (AvgIpc) is 3.00. The van der Waals surface area contributed by atoms with Crippen molar-refractivity contribution in [1.29, 1.82) is 0 Å². The lowest BCUT2D eigenvalue weighted by atomic mass is 10.1. The molecule has 2 amide bonds. The van der Waals surface area contributed by atoms with Crippen molar-refractivity contribution in [3.63, 3.8) is 0 Å². The number of benzene rings is 1. The van der Waals surface area contributed by atoms with E-state index in [1.54, 1.807) is 13.0 Å². The molecule has 0 aromatic heterocycles. The van der Waals surface area contributed by atoms with Gasteiger partial charge >= 0.3 is 12.2 Å². The van der Waals surface area contributed by atoms with E-state index in [2.05, 4.69) is 22.5 Å². The van der Waals surface area contributed by atoms with Crippen molar-refractivity contribution in [3.8, 4) is 0 Å². The lowest BCUT2D eigenvalue weighted by molar-refractivity contribution is -0.137. The van der Waals surface area contributed by atoms with Crippen LogP contribution in [0.5, 0.6) is 0 Å². The number of nitrogens with one attached hydrogen (secondary N) is 2. The van der Waals surface area contributed by atoms with Crippen LogP contribution in [0.4, 0.5) is 18.0 Å². The van der Waals surface area contributed by atoms with Crippen LogP contribution in [0.1, 0.15) is 43.9 Å². The summed E-state index contributed by atoms with van der Waals surface area (Å²) < 4.78 is 38.3. The van der Waals surface area contributed by atoms with E-state index < -0.39 is 17.8 Å². The quantitative estimate of drug-likeness (QED) is 0.813. The second-order valence-corrected chi connectivity index (χ2v) is 6.65. The number of rotatable bonds is 6. The van der Waals surface area contributed by atoms with Crippen molar-refractivity contribution in [2.24, 2.45) is 5.92 Å². The first-order chi connectivity index (χ1) is 11.8. The summed E-state index contributed by atoms with van der Waals surface area (Å²) in [5.74, 6) is 0.432. The van der Waals surface area contributed by atoms with Crippen molar-refractivity contribution in [1.82, 2.24) is 15.5 Å². The number of nitrogens with zero attached hydrogens (tertiary/aromatic N) is 1. The molecule has 1 aromatic rings. The Labute approximate surface area is 146 Å². The fourth-order valence-electron chi connectivity index (χ4n) is 3.15. The Bertz CT molecular complexity index is 577. The standard InChI is InChI=1S/C18H26F3N3O/c1-3-8-24-9-7-14(12-24)11-22-17(25)23-13(2)15-5-4-6-16(10-15)18(19,20)21/h4-6,10,13-14H,3,7-9,11-12H2,1-2H3,(H2,22,23,25). The number of urea groups is 1. The van der Waals surface area contributed by atoms with E-state index in [0.29, 0.717) is 18.0 Å². The highest BCUT2D eigenvalue weighted by Crippen LogP contribution is 2.30. The molecular formula is C18H26F3N3O. The highest BCUT2D eigenvalue weighted by atomic mass is 19.4. The van der Waals surface area contributed by atoms with Gasteiger partial charge in [-0.2, -0.15) is 13.2 Å². The Kier molecular flexibility index (Phi) is 6.70. The smallest absolute Gasteiger partial charge is 0.338 e. The van der Waals surface area contributed by atoms with Crippen LogP contribution in [0, 0.1) is 5.92 Å². The Morgan fingerprint density at radius 1 is 1.40 bits per heavy atom. The van der Waals surface area contributed by atoms with E-state index in [9.17, 15) is 18.0 Å². The van der Waals surface area contributed by atoms with Gasteiger partial charge in [0.1, 0.15) is 0 Å². The number of hydrogen-bond acceptors (Lipinski definition) is 2. The van der Waals surface area contributed by atoms with Crippen LogP contribution >= 0.6 is 0 Å². The van der Waals surface area contributed by atoms with E-state index >= 15 is 0 Å². The second kappa shape index (κ2) is 8.56. The van der Waals surface area contributed by atoms with Gasteiger partial charge in [-0.3, -0.25) is 0 Å². The van der Waals surface area contributed by atoms with Gasteiger partial charge in [0.05, 0.1) is 11.6 Å². The Morgan fingerprint density at radius 3 is 2.84 bits per heavy atom. The van der Waals surface area contributed by atoms with Gasteiger partial charge in [0.15, 0.2) is 0 Å². The Hall–Kier alpha value is -1.76. The summed E-state index contributed by atoms with van der Waals surface area (Å²) in [6.07, 6.45) is -2.20. The van der Waals surface area contributed by atoms with Crippen molar-refractivity contribution in [3.05, 3.63) is 35.4 Å². The SMILES string of the molecule is CCCN1CCC(CNC(=O)NC(C)c2cccc(C(F)(F)F)c2)C1. The highest BCUT2D eigenvalue weighted by molar-refractivity contribution is 5.74. The Balaban J connectivity index is 1.80. The maximum atomic E-state index is 12.8. The topological polar surface area (TPSA) is 44.4 Å². The largest absolute Gasteiger partial charge is 0.416 e. The minimum atomic E-state index is -4.38.